The average Bonchev–Trinajstić information content (AvgIpc) is 2.61. The molecular weight excluding hydrogens is 316 g/mol. The van der Waals surface area contributed by atoms with Gasteiger partial charge in [-0.25, -0.2) is 5.48 Å². The molecule has 2 rings (SSSR count). The van der Waals surface area contributed by atoms with Gasteiger partial charge in [0.05, 0.1) is 0 Å². The number of anilines is 1. The molecule has 0 bridgehead atoms. The molecule has 2 aromatic carbocycles. The molecule has 0 spiro atoms. The molecule has 0 saturated heterocycles. The van der Waals surface area contributed by atoms with Crippen LogP contribution in [-0.2, 0) is 5.41 Å². The first-order chi connectivity index (χ1) is 11.8. The summed E-state index contributed by atoms with van der Waals surface area (Å²) in [6.45, 7) is 8.74. The van der Waals surface area contributed by atoms with Gasteiger partial charge in [-0.2, -0.15) is 0 Å². The standard InChI is InChI=1S/C20H24N2O3/c1-5-22(17-11-9-14(10-12-17)18(23)21-25)19(24)15-7-6-8-16(13-15)20(2,3)4/h6-13,25H,5H2,1-4H3,(H,21,23). The summed E-state index contributed by atoms with van der Waals surface area (Å²) >= 11 is 0. The normalized spacial score (nSPS) is 11.1. The number of carbonyl (C=O) groups excluding carboxylic acids is 2. The van der Waals surface area contributed by atoms with Crippen LogP contribution >= 0.6 is 0 Å². The second kappa shape index (κ2) is 7.49. The summed E-state index contributed by atoms with van der Waals surface area (Å²) < 4.78 is 0. The van der Waals surface area contributed by atoms with E-state index in [2.05, 4.69) is 20.8 Å². The number of hydrogen-bond donors (Lipinski definition) is 2. The monoisotopic (exact) mass is 340 g/mol. The molecule has 132 valence electrons. The maximum absolute atomic E-state index is 12.9. The lowest BCUT2D eigenvalue weighted by molar-refractivity contribution is 0.0706. The lowest BCUT2D eigenvalue weighted by Crippen LogP contribution is -2.31. The highest BCUT2D eigenvalue weighted by Gasteiger charge is 2.20. The van der Waals surface area contributed by atoms with Crippen molar-refractivity contribution in [3.63, 3.8) is 0 Å². The molecule has 2 N–H and O–H groups in total. The highest BCUT2D eigenvalue weighted by atomic mass is 16.5. The molecular formula is C20H24N2O3. The second-order valence-electron chi connectivity index (χ2n) is 6.87. The van der Waals surface area contributed by atoms with E-state index in [9.17, 15) is 9.59 Å². The fourth-order valence-corrected chi connectivity index (χ4v) is 2.58. The van der Waals surface area contributed by atoms with Crippen molar-refractivity contribution in [1.29, 1.82) is 0 Å². The zero-order chi connectivity index (χ0) is 18.6. The van der Waals surface area contributed by atoms with Gasteiger partial charge in [0.15, 0.2) is 0 Å². The third-order valence-electron chi connectivity index (χ3n) is 4.08. The Bertz CT molecular complexity index is 761. The van der Waals surface area contributed by atoms with E-state index in [-0.39, 0.29) is 11.3 Å². The Hall–Kier alpha value is -2.66. The lowest BCUT2D eigenvalue weighted by atomic mass is 9.86. The van der Waals surface area contributed by atoms with Crippen LogP contribution in [0, 0.1) is 0 Å². The molecule has 0 aliphatic rings. The smallest absolute Gasteiger partial charge is 0.274 e. The molecule has 0 heterocycles. The molecule has 0 aliphatic heterocycles. The number of nitrogens with one attached hydrogen (secondary N) is 1. The minimum absolute atomic E-state index is 0.0351. The van der Waals surface area contributed by atoms with E-state index < -0.39 is 5.91 Å². The molecule has 0 atom stereocenters. The van der Waals surface area contributed by atoms with E-state index in [0.717, 1.165) is 5.56 Å². The fraction of sp³-hybridized carbons (Fsp3) is 0.300. The number of nitrogens with zero attached hydrogens (tertiary/aromatic N) is 1. The van der Waals surface area contributed by atoms with Gasteiger partial charge in [0.2, 0.25) is 0 Å². The van der Waals surface area contributed by atoms with Crippen molar-refractivity contribution in [2.45, 2.75) is 33.1 Å². The maximum Gasteiger partial charge on any atom is 0.274 e. The zero-order valence-electron chi connectivity index (χ0n) is 15.0. The fourth-order valence-electron chi connectivity index (χ4n) is 2.58. The number of benzene rings is 2. The Labute approximate surface area is 148 Å². The van der Waals surface area contributed by atoms with Crippen molar-refractivity contribution in [2.75, 3.05) is 11.4 Å². The zero-order valence-corrected chi connectivity index (χ0v) is 15.0. The van der Waals surface area contributed by atoms with E-state index in [0.29, 0.717) is 23.4 Å². The van der Waals surface area contributed by atoms with E-state index in [1.807, 2.05) is 31.2 Å². The summed E-state index contributed by atoms with van der Waals surface area (Å²) in [5, 5.41) is 8.68. The Kier molecular flexibility index (Phi) is 5.59. The van der Waals surface area contributed by atoms with Gasteiger partial charge in [-0.3, -0.25) is 14.8 Å². The quantitative estimate of drug-likeness (QED) is 0.657. The Morgan fingerprint density at radius 1 is 1.04 bits per heavy atom. The van der Waals surface area contributed by atoms with Gasteiger partial charge in [-0.1, -0.05) is 32.9 Å². The first-order valence-electron chi connectivity index (χ1n) is 8.25. The van der Waals surface area contributed by atoms with Gasteiger partial charge in [-0.15, -0.1) is 0 Å². The minimum atomic E-state index is -0.584. The summed E-state index contributed by atoms with van der Waals surface area (Å²) in [5.74, 6) is -0.674. The molecule has 0 saturated carbocycles. The maximum atomic E-state index is 12.9. The Balaban J connectivity index is 2.31. The van der Waals surface area contributed by atoms with Gasteiger partial charge >= 0.3 is 0 Å². The molecule has 0 aliphatic carbocycles. The highest BCUT2D eigenvalue weighted by Crippen LogP contribution is 2.24. The molecule has 5 heteroatoms. The van der Waals surface area contributed by atoms with E-state index in [4.69, 9.17) is 5.21 Å². The Morgan fingerprint density at radius 3 is 2.20 bits per heavy atom. The first-order valence-corrected chi connectivity index (χ1v) is 8.25. The van der Waals surface area contributed by atoms with Crippen LogP contribution in [0.15, 0.2) is 48.5 Å². The lowest BCUT2D eigenvalue weighted by Gasteiger charge is -2.23. The minimum Gasteiger partial charge on any atom is -0.309 e. The van der Waals surface area contributed by atoms with E-state index in [1.165, 1.54) is 0 Å². The number of hydrogen-bond acceptors (Lipinski definition) is 3. The summed E-state index contributed by atoms with van der Waals surface area (Å²) in [6.07, 6.45) is 0. The predicted molar refractivity (Wildman–Crippen MR) is 98.2 cm³/mol. The van der Waals surface area contributed by atoms with Crippen molar-refractivity contribution < 1.29 is 14.8 Å². The molecule has 2 aromatic rings. The van der Waals surface area contributed by atoms with Gasteiger partial charge < -0.3 is 4.90 Å². The molecule has 25 heavy (non-hydrogen) atoms. The topological polar surface area (TPSA) is 69.6 Å². The van der Waals surface area contributed by atoms with Gasteiger partial charge in [0.25, 0.3) is 11.8 Å². The highest BCUT2D eigenvalue weighted by molar-refractivity contribution is 6.06. The van der Waals surface area contributed by atoms with Crippen molar-refractivity contribution in [3.8, 4) is 0 Å². The van der Waals surface area contributed by atoms with Crippen LogP contribution in [0.5, 0.6) is 0 Å². The largest absolute Gasteiger partial charge is 0.309 e. The van der Waals surface area contributed by atoms with Crippen LogP contribution in [0.1, 0.15) is 54.0 Å². The summed E-state index contributed by atoms with van der Waals surface area (Å²) in [4.78, 5) is 26.0. The number of carbonyl (C=O) groups is 2. The molecule has 0 unspecified atom stereocenters. The van der Waals surface area contributed by atoms with Gasteiger partial charge in [0, 0.05) is 23.4 Å². The van der Waals surface area contributed by atoms with Crippen LogP contribution in [0.4, 0.5) is 5.69 Å². The van der Waals surface area contributed by atoms with Gasteiger partial charge in [0.1, 0.15) is 0 Å². The number of amides is 2. The summed E-state index contributed by atoms with van der Waals surface area (Å²) in [7, 11) is 0. The third kappa shape index (κ3) is 4.25. The van der Waals surface area contributed by atoms with Crippen molar-refractivity contribution in [2.24, 2.45) is 0 Å². The molecule has 2 amide bonds. The molecule has 0 fully saturated rings. The number of rotatable bonds is 4. The molecule has 0 aromatic heterocycles. The summed E-state index contributed by atoms with van der Waals surface area (Å²) in [6, 6.07) is 14.2. The van der Waals surface area contributed by atoms with Crippen LogP contribution in [0.25, 0.3) is 0 Å². The van der Waals surface area contributed by atoms with Crippen LogP contribution < -0.4 is 10.4 Å². The van der Waals surface area contributed by atoms with E-state index in [1.54, 1.807) is 34.6 Å². The van der Waals surface area contributed by atoms with Crippen molar-refractivity contribution in [1.82, 2.24) is 5.48 Å². The van der Waals surface area contributed by atoms with E-state index >= 15 is 0 Å². The average molecular weight is 340 g/mol. The van der Waals surface area contributed by atoms with Crippen molar-refractivity contribution in [3.05, 3.63) is 65.2 Å². The second-order valence-corrected chi connectivity index (χ2v) is 6.87. The third-order valence-corrected chi connectivity index (χ3v) is 4.08. The van der Waals surface area contributed by atoms with Crippen LogP contribution in [-0.4, -0.2) is 23.6 Å². The SMILES string of the molecule is CCN(C(=O)c1cccc(C(C)(C)C)c1)c1ccc(C(=O)NO)cc1. The molecule has 0 radical (unpaired) electrons. The van der Waals surface area contributed by atoms with Crippen molar-refractivity contribution >= 4 is 17.5 Å². The van der Waals surface area contributed by atoms with Crippen LogP contribution in [0.3, 0.4) is 0 Å². The molecule has 5 nitrogen and oxygen atoms in total. The van der Waals surface area contributed by atoms with Gasteiger partial charge in [-0.05, 0) is 54.3 Å². The first kappa shape index (κ1) is 18.7. The summed E-state index contributed by atoms with van der Waals surface area (Å²) in [5.41, 5.74) is 4.31. The van der Waals surface area contributed by atoms with Crippen LogP contribution in [0.2, 0.25) is 0 Å². The Morgan fingerprint density at radius 2 is 1.68 bits per heavy atom. The number of hydroxylamine groups is 1. The predicted octanol–water partition coefficient (Wildman–Crippen LogP) is 3.77.